The van der Waals surface area contributed by atoms with Crippen molar-refractivity contribution in [2.75, 3.05) is 6.61 Å². The highest BCUT2D eigenvalue weighted by Crippen LogP contribution is 2.13. The molecule has 0 aromatic heterocycles. The van der Waals surface area contributed by atoms with Crippen LogP contribution in [0.2, 0.25) is 0 Å². The molecule has 0 bridgehead atoms. The number of rotatable bonds is 17. The maximum absolute atomic E-state index is 11.6. The van der Waals surface area contributed by atoms with E-state index in [1.807, 2.05) is 6.92 Å². The van der Waals surface area contributed by atoms with E-state index < -0.39 is 0 Å². The van der Waals surface area contributed by atoms with Crippen molar-refractivity contribution in [3.8, 4) is 0 Å². The maximum Gasteiger partial charge on any atom is 0.306 e. The Bertz CT molecular complexity index is 315. The Kier molecular flexibility index (Phi) is 16.3. The van der Waals surface area contributed by atoms with Crippen LogP contribution in [0.15, 0.2) is 0 Å². The van der Waals surface area contributed by atoms with Crippen LogP contribution >= 0.6 is 0 Å². The second-order valence-corrected chi connectivity index (χ2v) is 6.90. The van der Waals surface area contributed by atoms with Gasteiger partial charge in [-0.3, -0.25) is 4.79 Å². The summed E-state index contributed by atoms with van der Waals surface area (Å²) >= 11 is 0. The van der Waals surface area contributed by atoms with Gasteiger partial charge in [0.2, 0.25) is 0 Å². The summed E-state index contributed by atoms with van der Waals surface area (Å²) in [4.78, 5) is 22.4. The van der Waals surface area contributed by atoms with Gasteiger partial charge in [0.15, 0.2) is 0 Å². The van der Waals surface area contributed by atoms with E-state index in [4.69, 9.17) is 9.84 Å². The van der Waals surface area contributed by atoms with E-state index in [2.05, 4.69) is 0 Å². The monoisotopic (exact) mass is 342 g/mol. The molecule has 0 aliphatic carbocycles. The average Bonchev–Trinajstić information content (AvgIpc) is 2.53. The molecule has 0 aliphatic heterocycles. The number of aliphatic hydroxyl groups excluding tert-OH is 1. The summed E-state index contributed by atoms with van der Waals surface area (Å²) < 4.78 is 5.39. The smallest absolute Gasteiger partial charge is 0.306 e. The van der Waals surface area contributed by atoms with E-state index in [0.29, 0.717) is 12.2 Å². The van der Waals surface area contributed by atoms with E-state index in [1.165, 1.54) is 38.5 Å². The Balaban J connectivity index is 3.32. The lowest BCUT2D eigenvalue weighted by Crippen LogP contribution is -2.14. The lowest BCUT2D eigenvalue weighted by atomic mass is 10.0. The molecule has 1 unspecified atom stereocenters. The third kappa shape index (κ3) is 17.5. The zero-order valence-corrected chi connectivity index (χ0v) is 15.9. The molecule has 0 spiro atoms. The predicted molar refractivity (Wildman–Crippen MR) is 98.0 cm³/mol. The zero-order chi connectivity index (χ0) is 18.0. The summed E-state index contributed by atoms with van der Waals surface area (Å²) in [7, 11) is 0. The summed E-state index contributed by atoms with van der Waals surface area (Å²) in [5.74, 6) is 0.195. The van der Waals surface area contributed by atoms with Gasteiger partial charge in [-0.2, -0.15) is 0 Å². The number of ketones is 1. The summed E-state index contributed by atoms with van der Waals surface area (Å²) in [6, 6.07) is 0. The lowest BCUT2D eigenvalue weighted by molar-refractivity contribution is -0.148. The maximum atomic E-state index is 11.6. The average molecular weight is 343 g/mol. The van der Waals surface area contributed by atoms with Crippen LogP contribution < -0.4 is 0 Å². The highest BCUT2D eigenvalue weighted by atomic mass is 16.5. The SMILES string of the molecule is CC(=O)CCCCCCCCCCC(C)OC(=O)CCCCCO. The van der Waals surface area contributed by atoms with Crippen molar-refractivity contribution in [3.05, 3.63) is 0 Å². The van der Waals surface area contributed by atoms with Crippen molar-refractivity contribution >= 4 is 11.8 Å². The summed E-state index contributed by atoms with van der Waals surface area (Å²) in [6.07, 6.45) is 14.1. The summed E-state index contributed by atoms with van der Waals surface area (Å²) in [5.41, 5.74) is 0. The van der Waals surface area contributed by atoms with Gasteiger partial charge in [0, 0.05) is 19.4 Å². The molecule has 0 radical (unpaired) electrons. The largest absolute Gasteiger partial charge is 0.463 e. The van der Waals surface area contributed by atoms with E-state index in [9.17, 15) is 9.59 Å². The normalized spacial score (nSPS) is 12.1. The highest BCUT2D eigenvalue weighted by Gasteiger charge is 2.08. The van der Waals surface area contributed by atoms with Crippen LogP contribution in [-0.2, 0) is 14.3 Å². The zero-order valence-electron chi connectivity index (χ0n) is 15.9. The molecule has 4 nitrogen and oxygen atoms in total. The first-order valence-corrected chi connectivity index (χ1v) is 9.86. The summed E-state index contributed by atoms with van der Waals surface area (Å²) in [5, 5.41) is 8.68. The van der Waals surface area contributed by atoms with Gasteiger partial charge in [-0.1, -0.05) is 44.9 Å². The van der Waals surface area contributed by atoms with E-state index in [1.54, 1.807) is 6.92 Å². The molecule has 0 heterocycles. The number of hydrogen-bond donors (Lipinski definition) is 1. The number of carbonyl (C=O) groups is 2. The van der Waals surface area contributed by atoms with Gasteiger partial charge in [-0.15, -0.1) is 0 Å². The van der Waals surface area contributed by atoms with Crippen molar-refractivity contribution in [2.24, 2.45) is 0 Å². The molecule has 0 saturated heterocycles. The molecular weight excluding hydrogens is 304 g/mol. The number of hydrogen-bond acceptors (Lipinski definition) is 4. The Morgan fingerprint density at radius 3 is 1.88 bits per heavy atom. The first-order valence-electron chi connectivity index (χ1n) is 9.86. The van der Waals surface area contributed by atoms with Crippen LogP contribution in [0.1, 0.15) is 104 Å². The van der Waals surface area contributed by atoms with Crippen molar-refractivity contribution < 1.29 is 19.4 Å². The fourth-order valence-corrected chi connectivity index (χ4v) is 2.77. The molecule has 0 saturated carbocycles. The number of Topliss-reactive ketones (excluding diaryl/α,β-unsaturated/α-hetero) is 1. The molecule has 0 aliphatic rings. The van der Waals surface area contributed by atoms with Gasteiger partial charge >= 0.3 is 5.97 Å². The van der Waals surface area contributed by atoms with E-state index in [-0.39, 0.29) is 18.7 Å². The van der Waals surface area contributed by atoms with Gasteiger partial charge < -0.3 is 14.6 Å². The van der Waals surface area contributed by atoms with Crippen molar-refractivity contribution in [3.63, 3.8) is 0 Å². The second kappa shape index (κ2) is 16.9. The Morgan fingerprint density at radius 1 is 0.792 bits per heavy atom. The van der Waals surface area contributed by atoms with Crippen LogP contribution in [0, 0.1) is 0 Å². The van der Waals surface area contributed by atoms with Crippen molar-refractivity contribution in [2.45, 2.75) is 110 Å². The van der Waals surface area contributed by atoms with Crippen LogP contribution in [0.25, 0.3) is 0 Å². The molecule has 0 aromatic carbocycles. The quantitative estimate of drug-likeness (QED) is 0.300. The minimum Gasteiger partial charge on any atom is -0.463 e. The number of unbranched alkanes of at least 4 members (excludes halogenated alkanes) is 9. The molecule has 0 amide bonds. The van der Waals surface area contributed by atoms with Gasteiger partial charge in [-0.05, 0) is 46.0 Å². The standard InChI is InChI=1S/C20H38O4/c1-18(22)14-10-7-5-3-4-6-8-11-15-19(2)24-20(23)16-12-9-13-17-21/h19,21H,3-17H2,1-2H3. The first-order chi connectivity index (χ1) is 11.6. The van der Waals surface area contributed by atoms with Crippen LogP contribution in [0.4, 0.5) is 0 Å². The minimum atomic E-state index is -0.106. The summed E-state index contributed by atoms with van der Waals surface area (Å²) in [6.45, 7) is 3.83. The first kappa shape index (κ1) is 23.1. The Morgan fingerprint density at radius 2 is 1.29 bits per heavy atom. The predicted octanol–water partition coefficient (Wildman–Crippen LogP) is 4.96. The fraction of sp³-hybridized carbons (Fsp3) is 0.900. The molecule has 0 fully saturated rings. The van der Waals surface area contributed by atoms with Gasteiger partial charge in [-0.25, -0.2) is 0 Å². The van der Waals surface area contributed by atoms with Crippen molar-refractivity contribution in [1.82, 2.24) is 0 Å². The molecule has 1 atom stereocenters. The van der Waals surface area contributed by atoms with Gasteiger partial charge in [0.1, 0.15) is 5.78 Å². The van der Waals surface area contributed by atoms with Crippen LogP contribution in [-0.4, -0.2) is 29.6 Å². The molecule has 4 heteroatoms. The number of carbonyl (C=O) groups excluding carboxylic acids is 2. The van der Waals surface area contributed by atoms with Gasteiger partial charge in [0.25, 0.3) is 0 Å². The topological polar surface area (TPSA) is 63.6 Å². The van der Waals surface area contributed by atoms with Gasteiger partial charge in [0.05, 0.1) is 6.10 Å². The molecule has 0 aromatic rings. The third-order valence-electron chi connectivity index (χ3n) is 4.26. The lowest BCUT2D eigenvalue weighted by Gasteiger charge is -2.13. The van der Waals surface area contributed by atoms with Crippen LogP contribution in [0.3, 0.4) is 0 Å². The Labute approximate surface area is 148 Å². The van der Waals surface area contributed by atoms with E-state index in [0.717, 1.165) is 44.9 Å². The molecule has 0 rings (SSSR count). The fourth-order valence-electron chi connectivity index (χ4n) is 2.77. The number of aliphatic hydroxyl groups is 1. The third-order valence-corrected chi connectivity index (χ3v) is 4.26. The van der Waals surface area contributed by atoms with E-state index >= 15 is 0 Å². The highest BCUT2D eigenvalue weighted by molar-refractivity contribution is 5.75. The number of esters is 1. The molecule has 142 valence electrons. The molecule has 24 heavy (non-hydrogen) atoms. The second-order valence-electron chi connectivity index (χ2n) is 6.90. The van der Waals surface area contributed by atoms with Crippen molar-refractivity contribution in [1.29, 1.82) is 0 Å². The van der Waals surface area contributed by atoms with Crippen LogP contribution in [0.5, 0.6) is 0 Å². The molecule has 1 N–H and O–H groups in total. The Hall–Kier alpha value is -0.900. The number of ether oxygens (including phenoxy) is 1. The molecular formula is C20H38O4. The minimum absolute atomic E-state index is 0.0157.